The van der Waals surface area contributed by atoms with Crippen LogP contribution in [-0.2, 0) is 12.8 Å². The average molecular weight is 397 g/mol. The van der Waals surface area contributed by atoms with E-state index in [-0.39, 0.29) is 0 Å². The van der Waals surface area contributed by atoms with E-state index in [1.807, 2.05) is 0 Å². The van der Waals surface area contributed by atoms with Gasteiger partial charge < -0.3 is 10.6 Å². The molecule has 2 N–H and O–H groups in total. The lowest BCUT2D eigenvalue weighted by Crippen LogP contribution is -2.23. The monoisotopic (exact) mass is 396 g/mol. The number of benzene rings is 2. The molecule has 152 valence electrons. The topological polar surface area (TPSA) is 24.1 Å². The highest BCUT2D eigenvalue weighted by Gasteiger charge is 2.15. The summed E-state index contributed by atoms with van der Waals surface area (Å²) in [6.07, 6.45) is 4.34. The molecule has 2 aromatic carbocycles. The first-order valence-corrected chi connectivity index (χ1v) is 11.1. The van der Waals surface area contributed by atoms with E-state index < -0.39 is 0 Å². The Hall–Kier alpha value is -1.87. The normalized spacial score (nSPS) is 11.1. The van der Waals surface area contributed by atoms with Gasteiger partial charge in [-0.05, 0) is 59.1 Å². The lowest BCUT2D eigenvalue weighted by atomic mass is 9.95. The van der Waals surface area contributed by atoms with Crippen molar-refractivity contribution in [2.45, 2.75) is 79.1 Å². The number of hydrogen-bond acceptors (Lipinski definition) is 1. The first-order valence-electron chi connectivity index (χ1n) is 10.7. The van der Waals surface area contributed by atoms with E-state index in [0.29, 0.717) is 16.9 Å². The summed E-state index contributed by atoms with van der Waals surface area (Å²) in [6, 6.07) is 13.2. The standard InChI is InChI=1S/C25H36N2S/c1-7-11-19-13-9-15-21(17(3)4)23(19)26-25(28)27-24-20(12-8-2)14-10-16-22(24)18(5)6/h9-10,13-18H,7-8,11-12H2,1-6H3,(H2,26,27,28). The van der Waals surface area contributed by atoms with Crippen LogP contribution < -0.4 is 10.6 Å². The Morgan fingerprint density at radius 2 is 1.14 bits per heavy atom. The summed E-state index contributed by atoms with van der Waals surface area (Å²) in [4.78, 5) is 0. The first kappa shape index (κ1) is 22.4. The zero-order valence-corrected chi connectivity index (χ0v) is 19.2. The lowest BCUT2D eigenvalue weighted by molar-refractivity contribution is 0.857. The Balaban J connectivity index is 2.35. The van der Waals surface area contributed by atoms with E-state index in [1.165, 1.54) is 33.6 Å². The number of anilines is 2. The molecule has 0 amide bonds. The average Bonchev–Trinajstić information content (AvgIpc) is 2.64. The van der Waals surface area contributed by atoms with Crippen molar-refractivity contribution < 1.29 is 0 Å². The summed E-state index contributed by atoms with van der Waals surface area (Å²) < 4.78 is 0. The van der Waals surface area contributed by atoms with Crippen molar-refractivity contribution >= 4 is 28.7 Å². The molecule has 0 saturated heterocycles. The van der Waals surface area contributed by atoms with Crippen LogP contribution in [0, 0.1) is 0 Å². The highest BCUT2D eigenvalue weighted by molar-refractivity contribution is 7.80. The molecule has 2 nitrogen and oxygen atoms in total. The van der Waals surface area contributed by atoms with Crippen molar-refractivity contribution in [1.29, 1.82) is 0 Å². The van der Waals surface area contributed by atoms with Crippen LogP contribution in [0.5, 0.6) is 0 Å². The molecule has 2 rings (SSSR count). The van der Waals surface area contributed by atoms with Gasteiger partial charge >= 0.3 is 0 Å². The summed E-state index contributed by atoms with van der Waals surface area (Å²) in [5, 5.41) is 7.78. The number of aryl methyl sites for hydroxylation is 2. The maximum Gasteiger partial charge on any atom is 0.175 e. The fourth-order valence-corrected chi connectivity index (χ4v) is 3.92. The van der Waals surface area contributed by atoms with Crippen LogP contribution in [0.2, 0.25) is 0 Å². The second-order valence-electron chi connectivity index (χ2n) is 8.15. The zero-order chi connectivity index (χ0) is 20.7. The minimum atomic E-state index is 0.445. The molecule has 0 atom stereocenters. The summed E-state index contributed by atoms with van der Waals surface area (Å²) in [5.74, 6) is 0.890. The van der Waals surface area contributed by atoms with Gasteiger partial charge in [0.15, 0.2) is 5.11 Å². The highest BCUT2D eigenvalue weighted by atomic mass is 32.1. The molecule has 2 aromatic rings. The number of rotatable bonds is 8. The molecule has 0 aliphatic rings. The van der Waals surface area contributed by atoms with Gasteiger partial charge in [0.1, 0.15) is 0 Å². The van der Waals surface area contributed by atoms with Crippen molar-refractivity contribution in [3.05, 3.63) is 58.7 Å². The van der Waals surface area contributed by atoms with Gasteiger partial charge in [-0.3, -0.25) is 0 Å². The van der Waals surface area contributed by atoms with Crippen molar-refractivity contribution in [1.82, 2.24) is 0 Å². The van der Waals surface area contributed by atoms with Crippen molar-refractivity contribution in [3.8, 4) is 0 Å². The SMILES string of the molecule is CCCc1cccc(C(C)C)c1NC(=S)Nc1c(CCC)cccc1C(C)C. The fourth-order valence-electron chi connectivity index (χ4n) is 3.72. The van der Waals surface area contributed by atoms with Crippen LogP contribution >= 0.6 is 12.2 Å². The van der Waals surface area contributed by atoms with E-state index >= 15 is 0 Å². The Bertz CT molecular complexity index is 728. The minimum absolute atomic E-state index is 0.445. The third-order valence-corrected chi connectivity index (χ3v) is 5.33. The van der Waals surface area contributed by atoms with Gasteiger partial charge in [-0.15, -0.1) is 0 Å². The summed E-state index contributed by atoms with van der Waals surface area (Å²) in [7, 11) is 0. The van der Waals surface area contributed by atoms with E-state index in [9.17, 15) is 0 Å². The van der Waals surface area contributed by atoms with Gasteiger partial charge in [0.2, 0.25) is 0 Å². The number of thiocarbonyl (C=S) groups is 1. The maximum atomic E-state index is 5.78. The second kappa shape index (κ2) is 10.6. The van der Waals surface area contributed by atoms with Crippen molar-refractivity contribution in [2.24, 2.45) is 0 Å². The molecule has 28 heavy (non-hydrogen) atoms. The minimum Gasteiger partial charge on any atom is -0.332 e. The van der Waals surface area contributed by atoms with Gasteiger partial charge in [0.25, 0.3) is 0 Å². The highest BCUT2D eigenvalue weighted by Crippen LogP contribution is 2.31. The fraction of sp³-hybridized carbons (Fsp3) is 0.480. The quantitative estimate of drug-likeness (QED) is 0.448. The molecule has 0 aliphatic carbocycles. The summed E-state index contributed by atoms with van der Waals surface area (Å²) >= 11 is 5.78. The van der Waals surface area contributed by atoms with Crippen LogP contribution in [0.25, 0.3) is 0 Å². The van der Waals surface area contributed by atoms with Crippen LogP contribution in [-0.4, -0.2) is 5.11 Å². The Morgan fingerprint density at radius 1 is 0.750 bits per heavy atom. The molecule has 0 unspecified atom stereocenters. The predicted molar refractivity (Wildman–Crippen MR) is 129 cm³/mol. The third-order valence-electron chi connectivity index (χ3n) is 5.13. The van der Waals surface area contributed by atoms with Crippen LogP contribution in [0.1, 0.15) is 88.5 Å². The molecule has 3 heteroatoms. The van der Waals surface area contributed by atoms with E-state index in [2.05, 4.69) is 88.6 Å². The molecule has 0 radical (unpaired) electrons. The van der Waals surface area contributed by atoms with E-state index in [0.717, 1.165) is 25.7 Å². The summed E-state index contributed by atoms with van der Waals surface area (Å²) in [6.45, 7) is 13.4. The maximum absolute atomic E-state index is 5.78. The molecule has 0 saturated carbocycles. The van der Waals surface area contributed by atoms with Crippen molar-refractivity contribution in [3.63, 3.8) is 0 Å². The Kier molecular flexibility index (Phi) is 8.50. The second-order valence-corrected chi connectivity index (χ2v) is 8.56. The molecule has 0 aromatic heterocycles. The smallest absolute Gasteiger partial charge is 0.175 e. The first-order chi connectivity index (χ1) is 13.4. The largest absolute Gasteiger partial charge is 0.332 e. The molecule has 0 bridgehead atoms. The van der Waals surface area contributed by atoms with E-state index in [1.54, 1.807) is 0 Å². The third kappa shape index (κ3) is 5.57. The van der Waals surface area contributed by atoms with Gasteiger partial charge in [-0.2, -0.15) is 0 Å². The molecule has 0 aliphatic heterocycles. The van der Waals surface area contributed by atoms with Gasteiger partial charge in [0, 0.05) is 11.4 Å². The van der Waals surface area contributed by atoms with Crippen LogP contribution in [0.3, 0.4) is 0 Å². The number of hydrogen-bond donors (Lipinski definition) is 2. The Labute approximate surface area is 177 Å². The predicted octanol–water partition coefficient (Wildman–Crippen LogP) is 7.65. The molecule has 0 fully saturated rings. The van der Waals surface area contributed by atoms with Crippen LogP contribution in [0.4, 0.5) is 11.4 Å². The van der Waals surface area contributed by atoms with E-state index in [4.69, 9.17) is 12.2 Å². The van der Waals surface area contributed by atoms with Crippen molar-refractivity contribution in [2.75, 3.05) is 10.6 Å². The Morgan fingerprint density at radius 3 is 1.46 bits per heavy atom. The van der Waals surface area contributed by atoms with Gasteiger partial charge in [-0.1, -0.05) is 90.8 Å². The van der Waals surface area contributed by atoms with Crippen LogP contribution in [0.15, 0.2) is 36.4 Å². The lowest BCUT2D eigenvalue weighted by Gasteiger charge is -2.22. The molecule has 0 heterocycles. The number of para-hydroxylation sites is 2. The molecular formula is C25H36N2S. The molecule has 0 spiro atoms. The van der Waals surface area contributed by atoms with Gasteiger partial charge in [0.05, 0.1) is 0 Å². The van der Waals surface area contributed by atoms with Gasteiger partial charge in [-0.25, -0.2) is 0 Å². The zero-order valence-electron chi connectivity index (χ0n) is 18.4. The summed E-state index contributed by atoms with van der Waals surface area (Å²) in [5.41, 5.74) is 7.67. The molecular weight excluding hydrogens is 360 g/mol. The number of nitrogens with one attached hydrogen (secondary N) is 2.